The van der Waals surface area contributed by atoms with Gasteiger partial charge in [-0.3, -0.25) is 0 Å². The lowest BCUT2D eigenvalue weighted by atomic mass is 10.1. The highest BCUT2D eigenvalue weighted by atomic mass is 16.4. The summed E-state index contributed by atoms with van der Waals surface area (Å²) in [6, 6.07) is 0. The number of rotatable bonds is 13. The van der Waals surface area contributed by atoms with Crippen LogP contribution >= 0.6 is 0 Å². The number of aliphatic carboxylic acids is 1. The molecule has 1 atom stereocenters. The molecular weight excluding hydrogens is 264 g/mol. The lowest BCUT2D eigenvalue weighted by Crippen LogP contribution is -2.21. The third-order valence-electron chi connectivity index (χ3n) is 3.11. The summed E-state index contributed by atoms with van der Waals surface area (Å²) in [6.45, 7) is 2.07. The van der Waals surface area contributed by atoms with E-state index in [0.717, 1.165) is 44.9 Å². The Labute approximate surface area is 129 Å². The Morgan fingerprint density at radius 1 is 1.05 bits per heavy atom. The van der Waals surface area contributed by atoms with Crippen LogP contribution in [0.4, 0.5) is 0 Å². The van der Waals surface area contributed by atoms with Crippen molar-refractivity contribution in [3.05, 3.63) is 36.5 Å². The topological polar surface area (TPSA) is 60.4 Å². The second-order valence-corrected chi connectivity index (χ2v) is 5.17. The first-order valence-electron chi connectivity index (χ1n) is 8.03. The van der Waals surface area contributed by atoms with E-state index in [-0.39, 0.29) is 6.42 Å². The fraction of sp³-hybridized carbons (Fsp3) is 0.611. The third kappa shape index (κ3) is 16.6. The van der Waals surface area contributed by atoms with Crippen LogP contribution < -0.4 is 5.11 Å². The van der Waals surface area contributed by atoms with Crippen molar-refractivity contribution < 1.29 is 15.0 Å². The molecule has 0 unspecified atom stereocenters. The van der Waals surface area contributed by atoms with Crippen molar-refractivity contribution >= 4 is 5.97 Å². The summed E-state index contributed by atoms with van der Waals surface area (Å²) in [7, 11) is 0. The van der Waals surface area contributed by atoms with Crippen LogP contribution in [-0.2, 0) is 4.79 Å². The predicted octanol–water partition coefficient (Wildman–Crippen LogP) is 3.30. The number of carbonyl (C=O) groups excluding carboxylic acids is 1. The average Bonchev–Trinajstić information content (AvgIpc) is 2.44. The van der Waals surface area contributed by atoms with E-state index >= 15 is 0 Å². The fourth-order valence-corrected chi connectivity index (χ4v) is 1.91. The molecule has 0 radical (unpaired) electrons. The van der Waals surface area contributed by atoms with Gasteiger partial charge in [0, 0.05) is 5.97 Å². The van der Waals surface area contributed by atoms with Crippen LogP contribution in [0, 0.1) is 0 Å². The molecule has 1 N–H and O–H groups in total. The molecule has 0 saturated heterocycles. The first kappa shape index (κ1) is 19.7. The van der Waals surface area contributed by atoms with E-state index in [2.05, 4.69) is 19.1 Å². The standard InChI is InChI=1S/C18H30O3/c1-2-3-11-14-17(19)15-12-9-7-5-4-6-8-10-13-16-18(20)21/h3,7,9,11-12,15,17,19H,2,4-6,8,10,13-14,16H2,1H3,(H,20,21)/p-1/b9-7-,11-3-,15-12+/t17-/m0/s1. The van der Waals surface area contributed by atoms with Gasteiger partial charge in [0.2, 0.25) is 0 Å². The maximum absolute atomic E-state index is 10.2. The Balaban J connectivity index is 3.43. The highest BCUT2D eigenvalue weighted by molar-refractivity contribution is 5.63. The zero-order valence-corrected chi connectivity index (χ0v) is 13.2. The normalized spacial score (nSPS) is 13.6. The molecule has 21 heavy (non-hydrogen) atoms. The molecule has 0 saturated carbocycles. The Morgan fingerprint density at radius 2 is 1.76 bits per heavy atom. The molecule has 3 heteroatoms. The summed E-state index contributed by atoms with van der Waals surface area (Å²) in [5.74, 6) is -0.947. The van der Waals surface area contributed by atoms with Crippen LogP contribution in [0.1, 0.15) is 64.7 Å². The van der Waals surface area contributed by atoms with Crippen LogP contribution in [0.2, 0.25) is 0 Å². The monoisotopic (exact) mass is 293 g/mol. The van der Waals surface area contributed by atoms with Gasteiger partial charge < -0.3 is 15.0 Å². The van der Waals surface area contributed by atoms with E-state index < -0.39 is 12.1 Å². The number of carboxylic acids is 1. The van der Waals surface area contributed by atoms with Gasteiger partial charge >= 0.3 is 0 Å². The van der Waals surface area contributed by atoms with Crippen molar-refractivity contribution in [3.63, 3.8) is 0 Å². The van der Waals surface area contributed by atoms with Crippen LogP contribution in [0.25, 0.3) is 0 Å². The fourth-order valence-electron chi connectivity index (χ4n) is 1.91. The van der Waals surface area contributed by atoms with Crippen molar-refractivity contribution in [2.24, 2.45) is 0 Å². The van der Waals surface area contributed by atoms with E-state index in [4.69, 9.17) is 0 Å². The van der Waals surface area contributed by atoms with Gasteiger partial charge in [-0.25, -0.2) is 0 Å². The van der Waals surface area contributed by atoms with E-state index in [1.165, 1.54) is 0 Å². The first-order chi connectivity index (χ1) is 10.2. The lowest BCUT2D eigenvalue weighted by Gasteiger charge is -2.01. The number of aliphatic hydroxyl groups is 1. The maximum Gasteiger partial charge on any atom is 0.0758 e. The third-order valence-corrected chi connectivity index (χ3v) is 3.11. The van der Waals surface area contributed by atoms with E-state index in [9.17, 15) is 15.0 Å². The van der Waals surface area contributed by atoms with Crippen LogP contribution in [0.15, 0.2) is 36.5 Å². The number of aliphatic hydroxyl groups excluding tert-OH is 1. The van der Waals surface area contributed by atoms with Gasteiger partial charge in [0.25, 0.3) is 0 Å². The van der Waals surface area contributed by atoms with Gasteiger partial charge in [-0.05, 0) is 38.5 Å². The molecular formula is C18H29O3-. The minimum absolute atomic E-state index is 0.181. The molecule has 0 rings (SSSR count). The molecule has 0 heterocycles. The summed E-state index contributed by atoms with van der Waals surface area (Å²) in [5, 5.41) is 19.8. The highest BCUT2D eigenvalue weighted by Crippen LogP contribution is 2.07. The minimum Gasteiger partial charge on any atom is -0.550 e. The highest BCUT2D eigenvalue weighted by Gasteiger charge is 1.93. The van der Waals surface area contributed by atoms with Gasteiger partial charge in [-0.15, -0.1) is 0 Å². The molecule has 120 valence electrons. The molecule has 0 aromatic heterocycles. The SMILES string of the molecule is CC/C=C\C[C@H](O)/C=C/C=C\CCCCCCCC(=O)[O-]. The molecule has 0 bridgehead atoms. The zero-order chi connectivity index (χ0) is 15.8. The largest absolute Gasteiger partial charge is 0.550 e. The van der Waals surface area contributed by atoms with E-state index in [1.807, 2.05) is 18.2 Å². The van der Waals surface area contributed by atoms with Gasteiger partial charge in [-0.1, -0.05) is 62.6 Å². The van der Waals surface area contributed by atoms with Gasteiger partial charge in [0.1, 0.15) is 0 Å². The molecule has 0 aromatic carbocycles. The number of allylic oxidation sites excluding steroid dienone is 4. The van der Waals surface area contributed by atoms with Crippen molar-refractivity contribution in [3.8, 4) is 0 Å². The second-order valence-electron chi connectivity index (χ2n) is 5.17. The molecule has 0 aliphatic carbocycles. The quantitative estimate of drug-likeness (QED) is 0.322. The lowest BCUT2D eigenvalue weighted by molar-refractivity contribution is -0.305. The molecule has 3 nitrogen and oxygen atoms in total. The smallest absolute Gasteiger partial charge is 0.0758 e. The van der Waals surface area contributed by atoms with Crippen LogP contribution in [0.3, 0.4) is 0 Å². The summed E-state index contributed by atoms with van der Waals surface area (Å²) in [4.78, 5) is 10.2. The number of carbonyl (C=O) groups is 1. The Hall–Kier alpha value is -1.35. The Morgan fingerprint density at radius 3 is 2.48 bits per heavy atom. The van der Waals surface area contributed by atoms with Crippen molar-refractivity contribution in [2.45, 2.75) is 70.8 Å². The molecule has 0 aliphatic heterocycles. The van der Waals surface area contributed by atoms with Gasteiger partial charge in [0.15, 0.2) is 0 Å². The number of unbranched alkanes of at least 4 members (excludes halogenated alkanes) is 5. The molecule has 0 amide bonds. The van der Waals surface area contributed by atoms with E-state index in [0.29, 0.717) is 6.42 Å². The van der Waals surface area contributed by atoms with E-state index in [1.54, 1.807) is 6.08 Å². The second kappa shape index (κ2) is 15.0. The number of carboxylic acid groups (broad SMARTS) is 1. The summed E-state index contributed by atoms with van der Waals surface area (Å²) in [6.07, 6.45) is 19.3. The summed E-state index contributed by atoms with van der Waals surface area (Å²) in [5.41, 5.74) is 0. The van der Waals surface area contributed by atoms with Crippen molar-refractivity contribution in [1.29, 1.82) is 0 Å². The predicted molar refractivity (Wildman–Crippen MR) is 85.7 cm³/mol. The molecule has 0 aromatic rings. The van der Waals surface area contributed by atoms with Crippen LogP contribution in [-0.4, -0.2) is 17.2 Å². The first-order valence-corrected chi connectivity index (χ1v) is 8.03. The Bertz CT molecular complexity index is 329. The van der Waals surface area contributed by atoms with Crippen molar-refractivity contribution in [2.75, 3.05) is 0 Å². The number of hydrogen-bond acceptors (Lipinski definition) is 3. The van der Waals surface area contributed by atoms with Crippen molar-refractivity contribution in [1.82, 2.24) is 0 Å². The Kier molecular flexibility index (Phi) is 14.1. The maximum atomic E-state index is 10.2. The summed E-state index contributed by atoms with van der Waals surface area (Å²) >= 11 is 0. The number of hydrogen-bond donors (Lipinski definition) is 1. The van der Waals surface area contributed by atoms with Crippen LogP contribution in [0.5, 0.6) is 0 Å². The summed E-state index contributed by atoms with van der Waals surface area (Å²) < 4.78 is 0. The minimum atomic E-state index is -0.947. The zero-order valence-electron chi connectivity index (χ0n) is 13.2. The van der Waals surface area contributed by atoms with Gasteiger partial charge in [-0.2, -0.15) is 0 Å². The average molecular weight is 293 g/mol. The molecule has 0 aliphatic rings. The molecule has 0 spiro atoms. The molecule has 0 fully saturated rings. The van der Waals surface area contributed by atoms with Gasteiger partial charge in [0.05, 0.1) is 6.10 Å².